The minimum absolute atomic E-state index is 0.509. The van der Waals surface area contributed by atoms with Crippen LogP contribution >= 0.6 is 11.6 Å². The average molecular weight is 252 g/mol. The molecular weight excluding hydrogens is 234 g/mol. The maximum absolute atomic E-state index is 6.10. The third-order valence-corrected chi connectivity index (χ3v) is 3.21. The predicted octanol–water partition coefficient (Wildman–Crippen LogP) is 4.37. The molecule has 0 radical (unpaired) electrons. The van der Waals surface area contributed by atoms with Crippen LogP contribution in [0.3, 0.4) is 0 Å². The minimum atomic E-state index is 0.509. The van der Waals surface area contributed by atoms with Crippen molar-refractivity contribution in [3.63, 3.8) is 0 Å². The highest BCUT2D eigenvalue weighted by Crippen LogP contribution is 2.29. The molecular formula is C14H18ClNO. The summed E-state index contributed by atoms with van der Waals surface area (Å²) in [7, 11) is 0. The van der Waals surface area contributed by atoms with E-state index in [4.69, 9.17) is 16.0 Å². The van der Waals surface area contributed by atoms with Crippen LogP contribution in [0.2, 0.25) is 5.22 Å². The topological polar surface area (TPSA) is 25.2 Å². The first kappa shape index (κ1) is 12.5. The Labute approximate surface area is 107 Å². The number of furan rings is 1. The Morgan fingerprint density at radius 1 is 1.24 bits per heavy atom. The van der Waals surface area contributed by atoms with Crippen LogP contribution < -0.4 is 5.32 Å². The molecule has 1 N–H and O–H groups in total. The van der Waals surface area contributed by atoms with Crippen molar-refractivity contribution >= 4 is 22.6 Å². The van der Waals surface area contributed by atoms with Crippen LogP contribution in [-0.4, -0.2) is 6.54 Å². The van der Waals surface area contributed by atoms with Crippen LogP contribution in [0.4, 0.5) is 0 Å². The number of nitrogens with one attached hydrogen (secondary N) is 1. The van der Waals surface area contributed by atoms with Crippen LogP contribution in [0.25, 0.3) is 11.0 Å². The molecule has 0 saturated heterocycles. The second kappa shape index (κ2) is 6.08. The van der Waals surface area contributed by atoms with Gasteiger partial charge in [0.1, 0.15) is 5.58 Å². The van der Waals surface area contributed by atoms with Crippen molar-refractivity contribution < 1.29 is 4.42 Å². The van der Waals surface area contributed by atoms with Gasteiger partial charge in [-0.15, -0.1) is 0 Å². The summed E-state index contributed by atoms with van der Waals surface area (Å²) in [4.78, 5) is 0. The number of rotatable bonds is 6. The van der Waals surface area contributed by atoms with Crippen LogP contribution in [0.1, 0.15) is 31.7 Å². The Morgan fingerprint density at radius 3 is 2.88 bits per heavy atom. The van der Waals surface area contributed by atoms with Crippen molar-refractivity contribution in [1.82, 2.24) is 5.32 Å². The van der Waals surface area contributed by atoms with Gasteiger partial charge in [-0.2, -0.15) is 0 Å². The molecule has 2 rings (SSSR count). The molecule has 0 aliphatic carbocycles. The predicted molar refractivity (Wildman–Crippen MR) is 72.5 cm³/mol. The molecule has 2 nitrogen and oxygen atoms in total. The van der Waals surface area contributed by atoms with E-state index in [1.807, 2.05) is 24.3 Å². The Balaban J connectivity index is 2.00. The van der Waals surface area contributed by atoms with Crippen LogP contribution in [0, 0.1) is 0 Å². The Bertz CT molecular complexity index is 478. The van der Waals surface area contributed by atoms with E-state index >= 15 is 0 Å². The molecule has 0 atom stereocenters. The van der Waals surface area contributed by atoms with Gasteiger partial charge in [-0.25, -0.2) is 0 Å². The first-order chi connectivity index (χ1) is 8.33. The fraction of sp³-hybridized carbons (Fsp3) is 0.429. The normalized spacial score (nSPS) is 11.2. The molecule has 0 amide bonds. The van der Waals surface area contributed by atoms with Gasteiger partial charge in [0.05, 0.1) is 0 Å². The summed E-state index contributed by atoms with van der Waals surface area (Å²) >= 11 is 6.10. The van der Waals surface area contributed by atoms with E-state index < -0.39 is 0 Å². The first-order valence-electron chi connectivity index (χ1n) is 6.19. The van der Waals surface area contributed by atoms with E-state index in [0.29, 0.717) is 5.22 Å². The molecule has 1 aromatic carbocycles. The van der Waals surface area contributed by atoms with Crippen molar-refractivity contribution in [2.75, 3.05) is 6.54 Å². The molecule has 0 spiro atoms. The molecule has 2 aromatic rings. The SMILES string of the molecule is CCCCCNCc1c(Cl)oc2ccccc12. The van der Waals surface area contributed by atoms with E-state index in [-0.39, 0.29) is 0 Å². The van der Waals surface area contributed by atoms with Gasteiger partial charge in [-0.05, 0) is 30.6 Å². The van der Waals surface area contributed by atoms with E-state index in [1.165, 1.54) is 19.3 Å². The average Bonchev–Trinajstić information content (AvgIpc) is 2.65. The van der Waals surface area contributed by atoms with Gasteiger partial charge in [-0.1, -0.05) is 38.0 Å². The zero-order valence-electron chi connectivity index (χ0n) is 10.1. The second-order valence-corrected chi connectivity index (χ2v) is 4.58. The maximum Gasteiger partial charge on any atom is 0.199 e. The standard InChI is InChI=1S/C14H18ClNO/c1-2-3-6-9-16-10-12-11-7-4-5-8-13(11)17-14(12)15/h4-5,7-8,16H,2-3,6,9-10H2,1H3. The van der Waals surface area contributed by atoms with Gasteiger partial charge in [0, 0.05) is 17.5 Å². The lowest BCUT2D eigenvalue weighted by molar-refractivity contribution is 0.592. The molecule has 17 heavy (non-hydrogen) atoms. The van der Waals surface area contributed by atoms with Crippen molar-refractivity contribution in [1.29, 1.82) is 0 Å². The number of hydrogen-bond donors (Lipinski definition) is 1. The lowest BCUT2D eigenvalue weighted by Gasteiger charge is -2.03. The smallest absolute Gasteiger partial charge is 0.199 e. The molecule has 0 fully saturated rings. The number of unbranched alkanes of at least 4 members (excludes halogenated alkanes) is 2. The van der Waals surface area contributed by atoms with E-state index in [2.05, 4.69) is 12.2 Å². The minimum Gasteiger partial charge on any atom is -0.444 e. The van der Waals surface area contributed by atoms with E-state index in [9.17, 15) is 0 Å². The number of para-hydroxylation sites is 1. The Morgan fingerprint density at radius 2 is 2.06 bits per heavy atom. The van der Waals surface area contributed by atoms with Crippen molar-refractivity contribution in [3.05, 3.63) is 35.0 Å². The zero-order chi connectivity index (χ0) is 12.1. The maximum atomic E-state index is 6.10. The molecule has 1 aromatic heterocycles. The number of benzene rings is 1. The number of hydrogen-bond acceptors (Lipinski definition) is 2. The molecule has 0 saturated carbocycles. The molecule has 1 heterocycles. The van der Waals surface area contributed by atoms with Crippen LogP contribution in [0.5, 0.6) is 0 Å². The lowest BCUT2D eigenvalue weighted by Crippen LogP contribution is -2.14. The molecule has 0 aliphatic heterocycles. The van der Waals surface area contributed by atoms with Gasteiger partial charge in [0.25, 0.3) is 0 Å². The van der Waals surface area contributed by atoms with Gasteiger partial charge in [0.15, 0.2) is 5.22 Å². The largest absolute Gasteiger partial charge is 0.444 e. The Kier molecular flexibility index (Phi) is 4.46. The van der Waals surface area contributed by atoms with Crippen LogP contribution in [0.15, 0.2) is 28.7 Å². The van der Waals surface area contributed by atoms with Gasteiger partial charge in [-0.3, -0.25) is 0 Å². The van der Waals surface area contributed by atoms with Gasteiger partial charge < -0.3 is 9.73 Å². The van der Waals surface area contributed by atoms with E-state index in [0.717, 1.165) is 29.6 Å². The van der Waals surface area contributed by atoms with Crippen molar-refractivity contribution in [3.8, 4) is 0 Å². The number of fused-ring (bicyclic) bond motifs is 1. The van der Waals surface area contributed by atoms with Gasteiger partial charge >= 0.3 is 0 Å². The zero-order valence-corrected chi connectivity index (χ0v) is 10.9. The molecule has 0 bridgehead atoms. The van der Waals surface area contributed by atoms with Crippen molar-refractivity contribution in [2.24, 2.45) is 0 Å². The van der Waals surface area contributed by atoms with Crippen molar-refractivity contribution in [2.45, 2.75) is 32.7 Å². The summed E-state index contributed by atoms with van der Waals surface area (Å²) in [5.74, 6) is 0. The highest BCUT2D eigenvalue weighted by molar-refractivity contribution is 6.30. The fourth-order valence-corrected chi connectivity index (χ4v) is 2.20. The monoisotopic (exact) mass is 251 g/mol. The third-order valence-electron chi connectivity index (χ3n) is 2.91. The summed E-state index contributed by atoms with van der Waals surface area (Å²) in [6, 6.07) is 7.96. The number of halogens is 1. The molecule has 92 valence electrons. The van der Waals surface area contributed by atoms with Crippen LogP contribution in [-0.2, 0) is 6.54 Å². The lowest BCUT2D eigenvalue weighted by atomic mass is 10.2. The van der Waals surface area contributed by atoms with Gasteiger partial charge in [0.2, 0.25) is 0 Å². The Hall–Kier alpha value is -0.990. The summed E-state index contributed by atoms with van der Waals surface area (Å²) in [5.41, 5.74) is 1.93. The summed E-state index contributed by atoms with van der Waals surface area (Å²) in [6.45, 7) is 4.02. The highest BCUT2D eigenvalue weighted by Gasteiger charge is 2.10. The third kappa shape index (κ3) is 3.02. The molecule has 3 heteroatoms. The molecule has 0 unspecified atom stereocenters. The summed E-state index contributed by atoms with van der Waals surface area (Å²) in [6.07, 6.45) is 3.73. The molecule has 0 aliphatic rings. The summed E-state index contributed by atoms with van der Waals surface area (Å²) in [5, 5.41) is 5.03. The highest BCUT2D eigenvalue weighted by atomic mass is 35.5. The fourth-order valence-electron chi connectivity index (χ4n) is 1.95. The quantitative estimate of drug-likeness (QED) is 0.772. The second-order valence-electron chi connectivity index (χ2n) is 4.23. The first-order valence-corrected chi connectivity index (χ1v) is 6.57. The summed E-state index contributed by atoms with van der Waals surface area (Å²) < 4.78 is 5.50. The van der Waals surface area contributed by atoms with E-state index in [1.54, 1.807) is 0 Å².